The molecule has 6 nitrogen and oxygen atoms in total. The first-order valence-corrected chi connectivity index (χ1v) is 7.93. The molecule has 0 saturated carbocycles. The van der Waals surface area contributed by atoms with Crippen molar-refractivity contribution in [1.29, 1.82) is 0 Å². The van der Waals surface area contributed by atoms with Gasteiger partial charge in [0.2, 0.25) is 5.28 Å². The molecule has 1 aliphatic rings. The van der Waals surface area contributed by atoms with Gasteiger partial charge in [-0.1, -0.05) is 11.6 Å². The number of aromatic nitrogens is 2. The number of rotatable bonds is 1. The number of hydrogen-bond acceptors (Lipinski definition) is 5. The van der Waals surface area contributed by atoms with Crippen LogP contribution in [0.5, 0.6) is 0 Å². The molecule has 122 valence electrons. The molecule has 1 saturated heterocycles. The minimum Gasteiger partial charge on any atom is -0.444 e. The predicted molar refractivity (Wildman–Crippen MR) is 86.7 cm³/mol. The van der Waals surface area contributed by atoms with Crippen molar-refractivity contribution in [3.63, 3.8) is 0 Å². The SMILES string of the molecule is CC(C)(C)OC(=O)N1CCCN(c2cc(Cl)nc(Cl)n2)CC1. The molecule has 22 heavy (non-hydrogen) atoms. The molecule has 2 rings (SSSR count). The lowest BCUT2D eigenvalue weighted by Gasteiger charge is -2.26. The van der Waals surface area contributed by atoms with Gasteiger partial charge in [0.15, 0.2) is 0 Å². The minimum absolute atomic E-state index is 0.121. The largest absolute Gasteiger partial charge is 0.444 e. The summed E-state index contributed by atoms with van der Waals surface area (Å²) < 4.78 is 5.41. The Morgan fingerprint density at radius 2 is 1.91 bits per heavy atom. The highest BCUT2D eigenvalue weighted by molar-refractivity contribution is 6.32. The Kier molecular flexibility index (Phi) is 5.34. The number of nitrogens with zero attached hydrogens (tertiary/aromatic N) is 4. The first-order chi connectivity index (χ1) is 10.2. The molecule has 0 spiro atoms. The van der Waals surface area contributed by atoms with Crippen molar-refractivity contribution in [3.8, 4) is 0 Å². The molecule has 0 bridgehead atoms. The molecule has 1 amide bonds. The number of halogens is 2. The number of ether oxygens (including phenoxy) is 1. The van der Waals surface area contributed by atoms with Gasteiger partial charge in [0.25, 0.3) is 0 Å². The van der Waals surface area contributed by atoms with Gasteiger partial charge >= 0.3 is 6.09 Å². The summed E-state index contributed by atoms with van der Waals surface area (Å²) in [5.41, 5.74) is -0.489. The Balaban J connectivity index is 2.02. The Morgan fingerprint density at radius 3 is 2.55 bits per heavy atom. The predicted octanol–water partition coefficient (Wildman–Crippen LogP) is 3.23. The van der Waals surface area contributed by atoms with Crippen molar-refractivity contribution >= 4 is 35.1 Å². The molecular weight excluding hydrogens is 327 g/mol. The van der Waals surface area contributed by atoms with Crippen LogP contribution < -0.4 is 4.90 Å². The van der Waals surface area contributed by atoms with E-state index in [2.05, 4.69) is 9.97 Å². The van der Waals surface area contributed by atoms with Crippen LogP contribution in [-0.2, 0) is 4.74 Å². The van der Waals surface area contributed by atoms with Gasteiger partial charge in [-0.2, -0.15) is 0 Å². The molecule has 0 aromatic carbocycles. The smallest absolute Gasteiger partial charge is 0.410 e. The minimum atomic E-state index is -0.489. The van der Waals surface area contributed by atoms with Crippen LogP contribution in [-0.4, -0.2) is 52.7 Å². The van der Waals surface area contributed by atoms with E-state index < -0.39 is 5.60 Å². The maximum Gasteiger partial charge on any atom is 0.410 e. The van der Waals surface area contributed by atoms with Gasteiger partial charge in [-0.25, -0.2) is 14.8 Å². The van der Waals surface area contributed by atoms with Gasteiger partial charge in [0.05, 0.1) is 0 Å². The highest BCUT2D eigenvalue weighted by Crippen LogP contribution is 2.20. The number of hydrogen-bond donors (Lipinski definition) is 0. The van der Waals surface area contributed by atoms with Crippen LogP contribution in [0.15, 0.2) is 6.07 Å². The van der Waals surface area contributed by atoms with Crippen molar-refractivity contribution < 1.29 is 9.53 Å². The fraction of sp³-hybridized carbons (Fsp3) is 0.643. The van der Waals surface area contributed by atoms with Crippen LogP contribution in [0, 0.1) is 0 Å². The normalized spacial score (nSPS) is 16.4. The van der Waals surface area contributed by atoms with Crippen molar-refractivity contribution in [2.24, 2.45) is 0 Å². The number of amides is 1. The second kappa shape index (κ2) is 6.87. The maximum atomic E-state index is 12.1. The average Bonchev–Trinajstić information content (AvgIpc) is 2.61. The van der Waals surface area contributed by atoms with Gasteiger partial charge in [0.1, 0.15) is 16.6 Å². The third-order valence-corrected chi connectivity index (χ3v) is 3.49. The molecule has 8 heteroatoms. The van der Waals surface area contributed by atoms with Crippen LogP contribution in [0.1, 0.15) is 27.2 Å². The molecule has 1 aromatic rings. The van der Waals surface area contributed by atoms with Crippen molar-refractivity contribution in [3.05, 3.63) is 16.5 Å². The van der Waals surface area contributed by atoms with E-state index in [1.54, 1.807) is 11.0 Å². The highest BCUT2D eigenvalue weighted by atomic mass is 35.5. The first-order valence-electron chi connectivity index (χ1n) is 7.17. The van der Waals surface area contributed by atoms with Crippen molar-refractivity contribution in [1.82, 2.24) is 14.9 Å². The van der Waals surface area contributed by atoms with Crippen LogP contribution in [0.2, 0.25) is 10.4 Å². The van der Waals surface area contributed by atoms with E-state index in [1.807, 2.05) is 25.7 Å². The van der Waals surface area contributed by atoms with Crippen LogP contribution in [0.25, 0.3) is 0 Å². The van der Waals surface area contributed by atoms with E-state index in [1.165, 1.54) is 0 Å². The summed E-state index contributed by atoms with van der Waals surface area (Å²) in [7, 11) is 0. The zero-order chi connectivity index (χ0) is 16.3. The molecule has 0 atom stereocenters. The number of carbonyl (C=O) groups excluding carboxylic acids is 1. The van der Waals surface area contributed by atoms with Gasteiger partial charge in [-0.05, 0) is 38.8 Å². The fourth-order valence-corrected chi connectivity index (χ4v) is 2.59. The van der Waals surface area contributed by atoms with Crippen LogP contribution in [0.3, 0.4) is 0 Å². The summed E-state index contributed by atoms with van der Waals surface area (Å²) in [5.74, 6) is 0.677. The highest BCUT2D eigenvalue weighted by Gasteiger charge is 2.25. The summed E-state index contributed by atoms with van der Waals surface area (Å²) in [5, 5.41) is 0.430. The first kappa shape index (κ1) is 17.1. The van der Waals surface area contributed by atoms with Gasteiger partial charge in [-0.15, -0.1) is 0 Å². The summed E-state index contributed by atoms with van der Waals surface area (Å²) >= 11 is 11.8. The second-order valence-electron chi connectivity index (χ2n) is 6.13. The van der Waals surface area contributed by atoms with E-state index in [0.717, 1.165) is 13.0 Å². The Labute approximate surface area is 140 Å². The molecule has 1 fully saturated rings. The van der Waals surface area contributed by atoms with Crippen molar-refractivity contribution in [2.75, 3.05) is 31.1 Å². The maximum absolute atomic E-state index is 12.1. The second-order valence-corrected chi connectivity index (χ2v) is 6.85. The molecule has 1 aromatic heterocycles. The zero-order valence-corrected chi connectivity index (χ0v) is 14.5. The summed E-state index contributed by atoms with van der Waals surface area (Å²) in [6.45, 7) is 8.21. The number of anilines is 1. The van der Waals surface area contributed by atoms with Crippen molar-refractivity contribution in [2.45, 2.75) is 32.8 Å². The molecule has 2 heterocycles. The van der Waals surface area contributed by atoms with E-state index in [9.17, 15) is 4.79 Å². The number of carbonyl (C=O) groups is 1. The third-order valence-electron chi connectivity index (χ3n) is 3.13. The van der Waals surface area contributed by atoms with E-state index in [-0.39, 0.29) is 11.4 Å². The van der Waals surface area contributed by atoms with E-state index >= 15 is 0 Å². The Bertz CT molecular complexity index is 528. The Morgan fingerprint density at radius 1 is 1.18 bits per heavy atom. The molecule has 0 unspecified atom stereocenters. The zero-order valence-electron chi connectivity index (χ0n) is 13.0. The van der Waals surface area contributed by atoms with Gasteiger partial charge in [0, 0.05) is 32.2 Å². The molecule has 0 aliphatic carbocycles. The lowest BCUT2D eigenvalue weighted by atomic mass is 10.2. The van der Waals surface area contributed by atoms with Gasteiger partial charge in [-0.3, -0.25) is 0 Å². The lowest BCUT2D eigenvalue weighted by molar-refractivity contribution is 0.0263. The summed E-state index contributed by atoms with van der Waals surface area (Å²) in [4.78, 5) is 23.9. The standard InChI is InChI=1S/C14H20Cl2N4O2/c1-14(2,3)22-13(21)20-6-4-5-19(7-8-20)11-9-10(15)17-12(16)18-11/h9H,4-8H2,1-3H3. The Hall–Kier alpha value is -1.27. The summed E-state index contributed by atoms with van der Waals surface area (Å²) in [6.07, 6.45) is 0.534. The third kappa shape index (κ3) is 4.88. The molecule has 1 aliphatic heterocycles. The van der Waals surface area contributed by atoms with Crippen LogP contribution >= 0.6 is 23.2 Å². The molecular formula is C14H20Cl2N4O2. The summed E-state index contributed by atoms with van der Waals surface area (Å²) in [6, 6.07) is 1.68. The average molecular weight is 347 g/mol. The topological polar surface area (TPSA) is 58.6 Å². The fourth-order valence-electron chi connectivity index (χ4n) is 2.20. The monoisotopic (exact) mass is 346 g/mol. The molecule has 0 radical (unpaired) electrons. The quantitative estimate of drug-likeness (QED) is 0.577. The van der Waals surface area contributed by atoms with Gasteiger partial charge < -0.3 is 14.5 Å². The lowest BCUT2D eigenvalue weighted by Crippen LogP contribution is -2.39. The van der Waals surface area contributed by atoms with E-state index in [0.29, 0.717) is 30.6 Å². The van der Waals surface area contributed by atoms with Crippen LogP contribution in [0.4, 0.5) is 10.6 Å². The van der Waals surface area contributed by atoms with E-state index in [4.69, 9.17) is 27.9 Å². The molecule has 0 N–H and O–H groups in total.